The minimum atomic E-state index is -0.420. The number of nitro groups is 1. The molecule has 2 N–H and O–H groups in total. The second-order valence-corrected chi connectivity index (χ2v) is 4.44. The van der Waals surface area contributed by atoms with Crippen LogP contribution in [0.1, 0.15) is 12.8 Å². The molecule has 0 radical (unpaired) electrons. The van der Waals surface area contributed by atoms with E-state index in [1.54, 1.807) is 0 Å². The van der Waals surface area contributed by atoms with Crippen molar-refractivity contribution < 1.29 is 4.92 Å². The molecule has 15 heavy (non-hydrogen) atoms. The van der Waals surface area contributed by atoms with Gasteiger partial charge in [0.1, 0.15) is 6.20 Å². The lowest BCUT2D eigenvalue weighted by atomic mass is 10.2. The van der Waals surface area contributed by atoms with Crippen LogP contribution in [0.5, 0.6) is 0 Å². The maximum atomic E-state index is 10.4. The molecule has 1 unspecified atom stereocenters. The maximum Gasteiger partial charge on any atom is 0.345 e. The van der Waals surface area contributed by atoms with Crippen LogP contribution in [0.3, 0.4) is 0 Å². The summed E-state index contributed by atoms with van der Waals surface area (Å²) in [6, 6.07) is 0.466. The predicted molar refractivity (Wildman–Crippen MR) is 58.3 cm³/mol. The van der Waals surface area contributed by atoms with Gasteiger partial charge in [0, 0.05) is 12.6 Å². The van der Waals surface area contributed by atoms with Gasteiger partial charge in [-0.15, -0.1) is 0 Å². The highest BCUT2D eigenvalue weighted by molar-refractivity contribution is 7.18. The highest BCUT2D eigenvalue weighted by atomic mass is 32.1. The molecule has 0 amide bonds. The Kier molecular flexibility index (Phi) is 3.12. The Balaban J connectivity index is 1.84. The fourth-order valence-corrected chi connectivity index (χ4v) is 2.21. The van der Waals surface area contributed by atoms with Gasteiger partial charge in [-0.2, -0.15) is 0 Å². The average molecular weight is 228 g/mol. The average Bonchev–Trinajstić information content (AvgIpc) is 2.86. The standard InChI is InChI=1S/C8H12N4O2S/c13-12(14)7-5-11-8(15-7)10-4-6-2-1-3-9-6/h5-6,9H,1-4H2,(H,10,11). The van der Waals surface area contributed by atoms with E-state index >= 15 is 0 Å². The van der Waals surface area contributed by atoms with Gasteiger partial charge in [-0.05, 0) is 30.7 Å². The lowest BCUT2D eigenvalue weighted by Gasteiger charge is -2.09. The third-order valence-electron chi connectivity index (χ3n) is 2.34. The molecule has 2 rings (SSSR count). The first-order valence-corrected chi connectivity index (χ1v) is 5.65. The van der Waals surface area contributed by atoms with Crippen molar-refractivity contribution in [3.8, 4) is 0 Å². The van der Waals surface area contributed by atoms with Gasteiger partial charge in [-0.1, -0.05) is 0 Å². The zero-order valence-corrected chi connectivity index (χ0v) is 8.92. The van der Waals surface area contributed by atoms with E-state index in [-0.39, 0.29) is 5.00 Å². The first-order chi connectivity index (χ1) is 7.25. The van der Waals surface area contributed by atoms with Crippen molar-refractivity contribution >= 4 is 21.5 Å². The summed E-state index contributed by atoms with van der Waals surface area (Å²) in [5.74, 6) is 0. The van der Waals surface area contributed by atoms with E-state index in [1.165, 1.54) is 12.6 Å². The topological polar surface area (TPSA) is 80.1 Å². The highest BCUT2D eigenvalue weighted by Gasteiger charge is 2.15. The molecular formula is C8H12N4O2S. The van der Waals surface area contributed by atoms with Crippen molar-refractivity contribution in [2.45, 2.75) is 18.9 Å². The second kappa shape index (κ2) is 4.54. The summed E-state index contributed by atoms with van der Waals surface area (Å²) < 4.78 is 0. The van der Waals surface area contributed by atoms with Gasteiger partial charge in [-0.25, -0.2) is 4.98 Å². The van der Waals surface area contributed by atoms with Gasteiger partial charge in [0.05, 0.1) is 4.92 Å². The summed E-state index contributed by atoms with van der Waals surface area (Å²) in [6.45, 7) is 1.84. The number of hydrogen-bond acceptors (Lipinski definition) is 6. The Morgan fingerprint density at radius 3 is 3.27 bits per heavy atom. The van der Waals surface area contributed by atoms with Crippen LogP contribution in [0, 0.1) is 10.1 Å². The maximum absolute atomic E-state index is 10.4. The van der Waals surface area contributed by atoms with Gasteiger partial charge in [0.25, 0.3) is 0 Å². The summed E-state index contributed by atoms with van der Waals surface area (Å²) >= 11 is 1.08. The minimum absolute atomic E-state index is 0.0804. The summed E-state index contributed by atoms with van der Waals surface area (Å²) in [5, 5.41) is 17.6. The first-order valence-electron chi connectivity index (χ1n) is 4.83. The third kappa shape index (κ3) is 2.63. The number of nitrogens with zero attached hydrogens (tertiary/aromatic N) is 2. The van der Waals surface area contributed by atoms with Crippen LogP contribution in [0.4, 0.5) is 10.1 Å². The molecule has 1 atom stereocenters. The number of rotatable bonds is 4. The van der Waals surface area contributed by atoms with Crippen molar-refractivity contribution in [2.24, 2.45) is 0 Å². The molecule has 7 heteroatoms. The number of thiazole rings is 1. The van der Waals surface area contributed by atoms with Crippen LogP contribution in [-0.2, 0) is 0 Å². The molecule has 1 aliphatic rings. The quantitative estimate of drug-likeness (QED) is 0.598. The molecule has 0 saturated carbocycles. The predicted octanol–water partition coefficient (Wildman–Crippen LogP) is 1.22. The van der Waals surface area contributed by atoms with Crippen LogP contribution >= 0.6 is 11.3 Å². The zero-order valence-electron chi connectivity index (χ0n) is 8.10. The molecule has 6 nitrogen and oxygen atoms in total. The second-order valence-electron chi connectivity index (χ2n) is 3.43. The van der Waals surface area contributed by atoms with Crippen LogP contribution in [0.2, 0.25) is 0 Å². The smallest absolute Gasteiger partial charge is 0.345 e. The molecule has 0 aliphatic carbocycles. The van der Waals surface area contributed by atoms with Crippen molar-refractivity contribution in [1.82, 2.24) is 10.3 Å². The fraction of sp³-hybridized carbons (Fsp3) is 0.625. The summed E-state index contributed by atoms with van der Waals surface area (Å²) in [6.07, 6.45) is 3.64. The van der Waals surface area contributed by atoms with Crippen molar-refractivity contribution in [1.29, 1.82) is 0 Å². The van der Waals surface area contributed by atoms with E-state index in [4.69, 9.17) is 0 Å². The summed E-state index contributed by atoms with van der Waals surface area (Å²) in [7, 11) is 0. The molecule has 1 aromatic rings. The summed E-state index contributed by atoms with van der Waals surface area (Å²) in [5.41, 5.74) is 0. The van der Waals surface area contributed by atoms with E-state index in [0.717, 1.165) is 30.8 Å². The Hall–Kier alpha value is -1.21. The van der Waals surface area contributed by atoms with E-state index in [1.807, 2.05) is 0 Å². The third-order valence-corrected chi connectivity index (χ3v) is 3.24. The lowest BCUT2D eigenvalue weighted by molar-refractivity contribution is -0.380. The molecular weight excluding hydrogens is 216 g/mol. The molecule has 2 heterocycles. The van der Waals surface area contributed by atoms with Gasteiger partial charge in [0.2, 0.25) is 0 Å². The van der Waals surface area contributed by atoms with E-state index in [2.05, 4.69) is 15.6 Å². The molecule has 0 bridgehead atoms. The number of nitrogens with one attached hydrogen (secondary N) is 2. The molecule has 0 spiro atoms. The van der Waals surface area contributed by atoms with E-state index in [9.17, 15) is 10.1 Å². The van der Waals surface area contributed by atoms with Crippen LogP contribution in [-0.4, -0.2) is 29.0 Å². The minimum Gasteiger partial charge on any atom is -0.360 e. The number of aromatic nitrogens is 1. The molecule has 1 saturated heterocycles. The van der Waals surface area contributed by atoms with E-state index < -0.39 is 4.92 Å². The van der Waals surface area contributed by atoms with Gasteiger partial charge < -0.3 is 10.6 Å². The first kappa shape index (κ1) is 10.3. The molecule has 1 aromatic heterocycles. The fourth-order valence-electron chi connectivity index (χ4n) is 1.57. The number of anilines is 1. The molecule has 82 valence electrons. The Morgan fingerprint density at radius 1 is 1.80 bits per heavy atom. The number of hydrogen-bond donors (Lipinski definition) is 2. The normalized spacial score (nSPS) is 20.4. The van der Waals surface area contributed by atoms with Crippen molar-refractivity contribution in [3.05, 3.63) is 16.3 Å². The van der Waals surface area contributed by atoms with Crippen LogP contribution in [0.25, 0.3) is 0 Å². The van der Waals surface area contributed by atoms with Gasteiger partial charge >= 0.3 is 5.00 Å². The van der Waals surface area contributed by atoms with Gasteiger partial charge in [-0.3, -0.25) is 10.1 Å². The van der Waals surface area contributed by atoms with Crippen molar-refractivity contribution in [2.75, 3.05) is 18.4 Å². The largest absolute Gasteiger partial charge is 0.360 e. The lowest BCUT2D eigenvalue weighted by Crippen LogP contribution is -2.29. The molecule has 1 fully saturated rings. The molecule has 1 aliphatic heterocycles. The van der Waals surface area contributed by atoms with E-state index in [0.29, 0.717) is 11.2 Å². The summed E-state index contributed by atoms with van der Waals surface area (Å²) in [4.78, 5) is 13.9. The Bertz CT molecular complexity index is 348. The van der Waals surface area contributed by atoms with Crippen LogP contribution < -0.4 is 10.6 Å². The SMILES string of the molecule is O=[N+]([O-])c1cnc(NCC2CCCN2)s1. The van der Waals surface area contributed by atoms with Gasteiger partial charge in [0.15, 0.2) is 5.13 Å². The van der Waals surface area contributed by atoms with Crippen molar-refractivity contribution in [3.63, 3.8) is 0 Å². The highest BCUT2D eigenvalue weighted by Crippen LogP contribution is 2.24. The van der Waals surface area contributed by atoms with Crippen LogP contribution in [0.15, 0.2) is 6.20 Å². The molecule has 0 aromatic carbocycles. The monoisotopic (exact) mass is 228 g/mol. The Labute approximate surface area is 90.9 Å². The Morgan fingerprint density at radius 2 is 2.67 bits per heavy atom. The zero-order chi connectivity index (χ0) is 10.7.